The lowest BCUT2D eigenvalue weighted by molar-refractivity contribution is 0.343. The summed E-state index contributed by atoms with van der Waals surface area (Å²) in [6.07, 6.45) is 10.5. The van der Waals surface area contributed by atoms with Gasteiger partial charge in [-0.15, -0.1) is 0 Å². The van der Waals surface area contributed by atoms with E-state index in [2.05, 4.69) is 30.1 Å². The van der Waals surface area contributed by atoms with Gasteiger partial charge in [0.15, 0.2) is 0 Å². The van der Waals surface area contributed by atoms with E-state index in [0.29, 0.717) is 5.03 Å². The molecule has 0 fully saturated rings. The van der Waals surface area contributed by atoms with Crippen LogP contribution in [0.5, 0.6) is 0 Å². The van der Waals surface area contributed by atoms with E-state index in [1.54, 1.807) is 6.08 Å². The van der Waals surface area contributed by atoms with Crippen molar-refractivity contribution in [1.29, 1.82) is 0 Å². The highest BCUT2D eigenvalue weighted by molar-refractivity contribution is 6.30. The number of allylic oxidation sites excluding steroid dienone is 6. The summed E-state index contributed by atoms with van der Waals surface area (Å²) in [5, 5.41) is 10.4. The van der Waals surface area contributed by atoms with Crippen molar-refractivity contribution in [1.82, 2.24) is 10.3 Å². The highest BCUT2D eigenvalue weighted by Gasteiger charge is 2.08. The summed E-state index contributed by atoms with van der Waals surface area (Å²) in [5.74, 6) is 0. The molecule has 4 heteroatoms. The standard InChI is InChI=1S/C21H28ClN3/c1-5-19(13-12-18(3)22)16-24-25(21(6-2)14-15-23-4)17-20-10-8-7-9-11-20/h5-13,16,23H,3,14-15,17H2,1-2,4H3/b13-12-,19-5?,21-6+,24-16+. The van der Waals surface area contributed by atoms with Crippen molar-refractivity contribution in [2.45, 2.75) is 26.8 Å². The summed E-state index contributed by atoms with van der Waals surface area (Å²) in [5.41, 5.74) is 3.37. The Balaban J connectivity index is 3.00. The molecular formula is C21H28ClN3. The zero-order valence-corrected chi connectivity index (χ0v) is 16.1. The number of nitrogens with one attached hydrogen (secondary N) is 1. The van der Waals surface area contributed by atoms with Gasteiger partial charge in [0.25, 0.3) is 0 Å². The molecule has 0 aliphatic heterocycles. The average molecular weight is 358 g/mol. The zero-order chi connectivity index (χ0) is 18.5. The third-order valence-electron chi connectivity index (χ3n) is 3.61. The number of nitrogens with zero attached hydrogens (tertiary/aromatic N) is 2. The number of rotatable bonds is 10. The van der Waals surface area contributed by atoms with E-state index >= 15 is 0 Å². The van der Waals surface area contributed by atoms with Gasteiger partial charge in [0.2, 0.25) is 0 Å². The summed E-state index contributed by atoms with van der Waals surface area (Å²) >= 11 is 5.80. The lowest BCUT2D eigenvalue weighted by Gasteiger charge is -2.22. The first-order valence-corrected chi connectivity index (χ1v) is 8.82. The quantitative estimate of drug-likeness (QED) is 0.352. The Bertz CT molecular complexity index is 642. The molecule has 0 aliphatic carbocycles. The van der Waals surface area contributed by atoms with Crippen LogP contribution in [0.15, 0.2) is 82.6 Å². The van der Waals surface area contributed by atoms with Crippen LogP contribution in [0.4, 0.5) is 0 Å². The number of hydrogen-bond acceptors (Lipinski definition) is 3. The van der Waals surface area contributed by atoms with Crippen LogP contribution in [0, 0.1) is 0 Å². The summed E-state index contributed by atoms with van der Waals surface area (Å²) in [6.45, 7) is 9.32. The maximum absolute atomic E-state index is 5.80. The molecule has 0 spiro atoms. The second kappa shape index (κ2) is 12.3. The fourth-order valence-corrected chi connectivity index (χ4v) is 2.25. The molecule has 0 saturated heterocycles. The average Bonchev–Trinajstić information content (AvgIpc) is 2.62. The van der Waals surface area contributed by atoms with Crippen molar-refractivity contribution in [3.63, 3.8) is 0 Å². The Morgan fingerprint density at radius 2 is 1.92 bits per heavy atom. The Morgan fingerprint density at radius 3 is 2.48 bits per heavy atom. The van der Waals surface area contributed by atoms with Gasteiger partial charge >= 0.3 is 0 Å². The molecule has 1 N–H and O–H groups in total. The minimum Gasteiger partial charge on any atom is -0.319 e. The summed E-state index contributed by atoms with van der Waals surface area (Å²) < 4.78 is 0. The van der Waals surface area contributed by atoms with E-state index in [1.807, 2.05) is 62.5 Å². The normalized spacial score (nSPS) is 13.0. The summed E-state index contributed by atoms with van der Waals surface area (Å²) in [6, 6.07) is 10.3. The molecule has 0 aliphatic rings. The highest BCUT2D eigenvalue weighted by Crippen LogP contribution is 2.15. The van der Waals surface area contributed by atoms with Gasteiger partial charge < -0.3 is 5.32 Å². The van der Waals surface area contributed by atoms with Gasteiger partial charge in [-0.05, 0) is 38.1 Å². The van der Waals surface area contributed by atoms with E-state index in [-0.39, 0.29) is 0 Å². The number of benzene rings is 1. The van der Waals surface area contributed by atoms with Crippen molar-refractivity contribution < 1.29 is 0 Å². The second-order valence-corrected chi connectivity index (χ2v) is 5.98. The van der Waals surface area contributed by atoms with Gasteiger partial charge in [0.1, 0.15) is 0 Å². The van der Waals surface area contributed by atoms with Gasteiger partial charge in [0, 0.05) is 23.7 Å². The lowest BCUT2D eigenvalue weighted by atomic mass is 10.2. The Hall–Kier alpha value is -2.10. The van der Waals surface area contributed by atoms with Crippen LogP contribution < -0.4 is 5.32 Å². The molecule has 0 aromatic heterocycles. The van der Waals surface area contributed by atoms with Crippen molar-refractivity contribution in [3.8, 4) is 0 Å². The molecule has 134 valence electrons. The van der Waals surface area contributed by atoms with Crippen LogP contribution in [0.2, 0.25) is 0 Å². The molecule has 3 nitrogen and oxygen atoms in total. The van der Waals surface area contributed by atoms with Crippen LogP contribution in [-0.4, -0.2) is 24.8 Å². The molecule has 0 atom stereocenters. The number of hydrazone groups is 1. The third-order valence-corrected chi connectivity index (χ3v) is 3.73. The van der Waals surface area contributed by atoms with E-state index in [9.17, 15) is 0 Å². The smallest absolute Gasteiger partial charge is 0.0662 e. The van der Waals surface area contributed by atoms with Crippen LogP contribution in [0.25, 0.3) is 0 Å². The van der Waals surface area contributed by atoms with Crippen LogP contribution in [0.3, 0.4) is 0 Å². The molecule has 0 bridgehead atoms. The topological polar surface area (TPSA) is 27.6 Å². The van der Waals surface area contributed by atoms with Gasteiger partial charge in [-0.1, -0.05) is 66.7 Å². The molecule has 1 aromatic rings. The predicted molar refractivity (Wildman–Crippen MR) is 111 cm³/mol. The largest absolute Gasteiger partial charge is 0.319 e. The van der Waals surface area contributed by atoms with Crippen LogP contribution in [-0.2, 0) is 6.54 Å². The molecule has 25 heavy (non-hydrogen) atoms. The van der Waals surface area contributed by atoms with Crippen molar-refractivity contribution in [3.05, 3.63) is 83.1 Å². The zero-order valence-electron chi connectivity index (χ0n) is 15.4. The minimum atomic E-state index is 0.497. The third kappa shape index (κ3) is 8.52. The number of halogens is 1. The monoisotopic (exact) mass is 357 g/mol. The fourth-order valence-electron chi connectivity index (χ4n) is 2.19. The van der Waals surface area contributed by atoms with Crippen LogP contribution >= 0.6 is 11.6 Å². The minimum absolute atomic E-state index is 0.497. The first-order chi connectivity index (χ1) is 12.1. The SMILES string of the molecule is C=C(Cl)/C=C\C(=CC)/C=N/N(Cc1ccccc1)/C(=C/C)CCNC. The molecule has 0 radical (unpaired) electrons. The Labute approximate surface area is 157 Å². The number of hydrogen-bond donors (Lipinski definition) is 1. The van der Waals surface area contributed by atoms with Gasteiger partial charge in [0.05, 0.1) is 12.8 Å². The Kier molecular flexibility index (Phi) is 10.3. The molecule has 0 unspecified atom stereocenters. The molecule has 0 saturated carbocycles. The van der Waals surface area contributed by atoms with Gasteiger partial charge in [-0.2, -0.15) is 5.10 Å². The van der Waals surface area contributed by atoms with E-state index in [4.69, 9.17) is 16.7 Å². The molecule has 1 rings (SSSR count). The summed E-state index contributed by atoms with van der Waals surface area (Å²) in [7, 11) is 1.96. The predicted octanol–water partition coefficient (Wildman–Crippen LogP) is 5.24. The first kappa shape index (κ1) is 20.9. The maximum Gasteiger partial charge on any atom is 0.0662 e. The molecule has 0 heterocycles. The summed E-state index contributed by atoms with van der Waals surface area (Å²) in [4.78, 5) is 0. The van der Waals surface area contributed by atoms with Crippen molar-refractivity contribution in [2.24, 2.45) is 5.10 Å². The molecular weight excluding hydrogens is 330 g/mol. The fraction of sp³-hybridized carbons (Fsp3) is 0.286. The van der Waals surface area contributed by atoms with Gasteiger partial charge in [-0.3, -0.25) is 5.01 Å². The van der Waals surface area contributed by atoms with Crippen LogP contribution in [0.1, 0.15) is 25.8 Å². The Morgan fingerprint density at radius 1 is 1.20 bits per heavy atom. The first-order valence-electron chi connectivity index (χ1n) is 8.44. The highest BCUT2D eigenvalue weighted by atomic mass is 35.5. The maximum atomic E-state index is 5.80. The van der Waals surface area contributed by atoms with E-state index < -0.39 is 0 Å². The van der Waals surface area contributed by atoms with Gasteiger partial charge in [-0.25, -0.2) is 0 Å². The van der Waals surface area contributed by atoms with Crippen molar-refractivity contribution in [2.75, 3.05) is 13.6 Å². The second-order valence-electron chi connectivity index (χ2n) is 5.49. The van der Waals surface area contributed by atoms with E-state index in [1.165, 1.54) is 11.3 Å². The van der Waals surface area contributed by atoms with Crippen molar-refractivity contribution >= 4 is 17.8 Å². The molecule has 1 aromatic carbocycles. The lowest BCUT2D eigenvalue weighted by Crippen LogP contribution is -2.20. The van der Waals surface area contributed by atoms with E-state index in [0.717, 1.165) is 25.1 Å². The molecule has 0 amide bonds.